The van der Waals surface area contributed by atoms with E-state index in [4.69, 9.17) is 0 Å². The fraction of sp³-hybridized carbons (Fsp3) is 0.929. The first kappa shape index (κ1) is 15.4. The highest BCUT2D eigenvalue weighted by atomic mass is 16.3. The van der Waals surface area contributed by atoms with Crippen molar-refractivity contribution in [1.82, 2.24) is 10.2 Å². The van der Waals surface area contributed by atoms with E-state index < -0.39 is 5.60 Å². The van der Waals surface area contributed by atoms with E-state index in [2.05, 4.69) is 17.1 Å². The molecule has 0 atom stereocenters. The standard InChI is InChI=1S/C14H28N2O2/c1-4-14(18,5-2)11-15-13(17)10-16-8-6-12(3)7-9-16/h12,18H,4-11H2,1-3H3,(H,15,17). The predicted molar refractivity (Wildman–Crippen MR) is 73.4 cm³/mol. The Hall–Kier alpha value is -0.610. The van der Waals surface area contributed by atoms with Crippen molar-refractivity contribution in [3.63, 3.8) is 0 Å². The number of hydrogen-bond donors (Lipinski definition) is 2. The zero-order valence-electron chi connectivity index (χ0n) is 12.0. The Labute approximate surface area is 111 Å². The average molecular weight is 256 g/mol. The topological polar surface area (TPSA) is 52.6 Å². The van der Waals surface area contributed by atoms with Crippen LogP contribution >= 0.6 is 0 Å². The van der Waals surface area contributed by atoms with Gasteiger partial charge in [-0.2, -0.15) is 0 Å². The molecule has 1 amide bonds. The van der Waals surface area contributed by atoms with E-state index in [-0.39, 0.29) is 5.91 Å². The van der Waals surface area contributed by atoms with Crippen LogP contribution in [-0.4, -0.2) is 47.7 Å². The average Bonchev–Trinajstić information content (AvgIpc) is 2.39. The van der Waals surface area contributed by atoms with Gasteiger partial charge in [-0.25, -0.2) is 0 Å². The number of nitrogens with one attached hydrogen (secondary N) is 1. The summed E-state index contributed by atoms with van der Waals surface area (Å²) >= 11 is 0. The van der Waals surface area contributed by atoms with Gasteiger partial charge in [0.2, 0.25) is 5.91 Å². The van der Waals surface area contributed by atoms with E-state index in [1.165, 1.54) is 12.8 Å². The normalized spacial score (nSPS) is 18.9. The van der Waals surface area contributed by atoms with Crippen molar-refractivity contribution < 1.29 is 9.90 Å². The van der Waals surface area contributed by atoms with Crippen molar-refractivity contribution in [2.75, 3.05) is 26.2 Å². The SMILES string of the molecule is CCC(O)(CC)CNC(=O)CN1CCC(C)CC1. The molecule has 0 radical (unpaired) electrons. The quantitative estimate of drug-likeness (QED) is 0.755. The second kappa shape index (κ2) is 7.10. The van der Waals surface area contributed by atoms with Crippen molar-refractivity contribution >= 4 is 5.91 Å². The lowest BCUT2D eigenvalue weighted by molar-refractivity contribution is -0.123. The zero-order chi connectivity index (χ0) is 13.6. The Morgan fingerprint density at radius 1 is 1.33 bits per heavy atom. The molecule has 18 heavy (non-hydrogen) atoms. The molecule has 0 aromatic heterocycles. The molecule has 0 unspecified atom stereocenters. The molecular formula is C14H28N2O2. The Morgan fingerprint density at radius 2 is 1.89 bits per heavy atom. The first-order valence-corrected chi connectivity index (χ1v) is 7.20. The highest BCUT2D eigenvalue weighted by molar-refractivity contribution is 5.78. The predicted octanol–water partition coefficient (Wildman–Crippen LogP) is 1.39. The molecule has 1 aliphatic heterocycles. The molecule has 1 rings (SSSR count). The number of amides is 1. The van der Waals surface area contributed by atoms with Crippen LogP contribution in [-0.2, 0) is 4.79 Å². The van der Waals surface area contributed by atoms with Gasteiger partial charge >= 0.3 is 0 Å². The Kier molecular flexibility index (Phi) is 6.09. The highest BCUT2D eigenvalue weighted by Crippen LogP contribution is 2.15. The molecule has 2 N–H and O–H groups in total. The summed E-state index contributed by atoms with van der Waals surface area (Å²) in [6.07, 6.45) is 3.71. The Morgan fingerprint density at radius 3 is 2.39 bits per heavy atom. The molecule has 0 aliphatic carbocycles. The summed E-state index contributed by atoms with van der Waals surface area (Å²) in [7, 11) is 0. The van der Waals surface area contributed by atoms with Gasteiger partial charge in [0.25, 0.3) is 0 Å². The van der Waals surface area contributed by atoms with Gasteiger partial charge in [0, 0.05) is 6.54 Å². The lowest BCUT2D eigenvalue weighted by atomic mass is 9.97. The second-order valence-electron chi connectivity index (χ2n) is 5.67. The molecular weight excluding hydrogens is 228 g/mol. The Bertz CT molecular complexity index is 257. The van der Waals surface area contributed by atoms with Crippen molar-refractivity contribution in [3.8, 4) is 0 Å². The van der Waals surface area contributed by atoms with E-state index >= 15 is 0 Å². The summed E-state index contributed by atoms with van der Waals surface area (Å²) in [5.41, 5.74) is -0.744. The molecule has 106 valence electrons. The maximum absolute atomic E-state index is 11.8. The number of aliphatic hydroxyl groups is 1. The third-order valence-corrected chi connectivity index (χ3v) is 4.17. The first-order chi connectivity index (χ1) is 8.49. The number of carbonyl (C=O) groups excluding carboxylic acids is 1. The summed E-state index contributed by atoms with van der Waals surface area (Å²) in [4.78, 5) is 14.0. The van der Waals surface area contributed by atoms with Gasteiger partial charge in [0.05, 0.1) is 12.1 Å². The van der Waals surface area contributed by atoms with E-state index in [1.54, 1.807) is 0 Å². The fourth-order valence-corrected chi connectivity index (χ4v) is 2.24. The largest absolute Gasteiger partial charge is 0.388 e. The van der Waals surface area contributed by atoms with Crippen molar-refractivity contribution in [3.05, 3.63) is 0 Å². The molecule has 0 aromatic carbocycles. The Balaban J connectivity index is 2.25. The van der Waals surface area contributed by atoms with Crippen LogP contribution in [0, 0.1) is 5.92 Å². The van der Waals surface area contributed by atoms with Gasteiger partial charge in [-0.05, 0) is 44.7 Å². The summed E-state index contributed by atoms with van der Waals surface area (Å²) in [6.45, 7) is 9.02. The van der Waals surface area contributed by atoms with Crippen LogP contribution in [0.25, 0.3) is 0 Å². The summed E-state index contributed by atoms with van der Waals surface area (Å²) in [5, 5.41) is 12.9. The number of nitrogens with zero attached hydrogens (tertiary/aromatic N) is 1. The molecule has 4 nitrogen and oxygen atoms in total. The van der Waals surface area contributed by atoms with E-state index in [1.807, 2.05) is 13.8 Å². The van der Waals surface area contributed by atoms with Gasteiger partial charge in [-0.1, -0.05) is 20.8 Å². The molecule has 1 aliphatic rings. The zero-order valence-corrected chi connectivity index (χ0v) is 12.0. The molecule has 4 heteroatoms. The second-order valence-corrected chi connectivity index (χ2v) is 5.67. The monoisotopic (exact) mass is 256 g/mol. The van der Waals surface area contributed by atoms with Crippen LogP contribution < -0.4 is 5.32 Å². The van der Waals surface area contributed by atoms with Crippen LogP contribution in [0.5, 0.6) is 0 Å². The van der Waals surface area contributed by atoms with Crippen molar-refractivity contribution in [2.24, 2.45) is 5.92 Å². The lowest BCUT2D eigenvalue weighted by Gasteiger charge is -2.30. The molecule has 0 aromatic rings. The van der Waals surface area contributed by atoms with Gasteiger partial charge in [-0.3, -0.25) is 9.69 Å². The van der Waals surface area contributed by atoms with E-state index in [0.717, 1.165) is 19.0 Å². The minimum atomic E-state index is -0.744. The van der Waals surface area contributed by atoms with Crippen LogP contribution in [0.15, 0.2) is 0 Å². The number of rotatable bonds is 6. The van der Waals surface area contributed by atoms with Crippen molar-refractivity contribution in [2.45, 2.75) is 52.1 Å². The van der Waals surface area contributed by atoms with Gasteiger partial charge in [-0.15, -0.1) is 0 Å². The smallest absolute Gasteiger partial charge is 0.234 e. The van der Waals surface area contributed by atoms with E-state index in [0.29, 0.717) is 25.9 Å². The molecule has 1 fully saturated rings. The minimum Gasteiger partial charge on any atom is -0.388 e. The van der Waals surface area contributed by atoms with E-state index in [9.17, 15) is 9.90 Å². The minimum absolute atomic E-state index is 0.0323. The third-order valence-electron chi connectivity index (χ3n) is 4.17. The lowest BCUT2D eigenvalue weighted by Crippen LogP contribution is -2.46. The summed E-state index contributed by atoms with van der Waals surface area (Å²) in [5.74, 6) is 0.819. The number of hydrogen-bond acceptors (Lipinski definition) is 3. The maximum Gasteiger partial charge on any atom is 0.234 e. The molecule has 0 bridgehead atoms. The third kappa shape index (κ3) is 4.94. The highest BCUT2D eigenvalue weighted by Gasteiger charge is 2.23. The molecule has 0 saturated carbocycles. The summed E-state index contributed by atoms with van der Waals surface area (Å²) < 4.78 is 0. The molecule has 1 saturated heterocycles. The van der Waals surface area contributed by atoms with Crippen LogP contribution in [0.3, 0.4) is 0 Å². The molecule has 0 spiro atoms. The fourth-order valence-electron chi connectivity index (χ4n) is 2.24. The van der Waals surface area contributed by atoms with Crippen LogP contribution in [0.2, 0.25) is 0 Å². The maximum atomic E-state index is 11.8. The number of likely N-dealkylation sites (tertiary alicyclic amines) is 1. The number of piperidine rings is 1. The summed E-state index contributed by atoms with van der Waals surface area (Å²) in [6, 6.07) is 0. The first-order valence-electron chi connectivity index (χ1n) is 7.20. The van der Waals surface area contributed by atoms with Crippen molar-refractivity contribution in [1.29, 1.82) is 0 Å². The molecule has 1 heterocycles. The van der Waals surface area contributed by atoms with Gasteiger partial charge < -0.3 is 10.4 Å². The van der Waals surface area contributed by atoms with Crippen LogP contribution in [0.4, 0.5) is 0 Å². The van der Waals surface area contributed by atoms with Gasteiger partial charge in [0.1, 0.15) is 0 Å². The number of carbonyl (C=O) groups is 1. The van der Waals surface area contributed by atoms with Gasteiger partial charge in [0.15, 0.2) is 0 Å². The van der Waals surface area contributed by atoms with Crippen LogP contribution in [0.1, 0.15) is 46.5 Å².